The summed E-state index contributed by atoms with van der Waals surface area (Å²) in [6.07, 6.45) is 7.09. The Bertz CT molecular complexity index is 2580. The number of hydrogen-bond acceptors (Lipinski definition) is 3. The van der Waals surface area contributed by atoms with Gasteiger partial charge >= 0.3 is 0 Å². The zero-order valence-corrected chi connectivity index (χ0v) is 26.1. The molecule has 1 aliphatic heterocycles. The summed E-state index contributed by atoms with van der Waals surface area (Å²) in [5.41, 5.74) is 13.4. The molecule has 3 heteroatoms. The fourth-order valence-electron chi connectivity index (χ4n) is 7.82. The van der Waals surface area contributed by atoms with Crippen molar-refractivity contribution in [2.75, 3.05) is 4.90 Å². The quantitative estimate of drug-likeness (QED) is 0.197. The van der Waals surface area contributed by atoms with Gasteiger partial charge in [0.15, 0.2) is 0 Å². The number of nitrogens with zero attached hydrogens (tertiary/aromatic N) is 2. The van der Waals surface area contributed by atoms with Crippen LogP contribution in [-0.4, -0.2) is 11.0 Å². The monoisotopic (exact) mass is 614 g/mol. The SMILES string of the molecule is C1=CC2C(C=C1c1ccccc1)c1ccccc1N2c1ccc2c(c1)oc1cccc(-c3cc(-c4ccccc4)nc4ccccc34)c12. The van der Waals surface area contributed by atoms with E-state index in [0.717, 1.165) is 60.9 Å². The van der Waals surface area contributed by atoms with E-state index in [1.54, 1.807) is 0 Å². The summed E-state index contributed by atoms with van der Waals surface area (Å²) in [6.45, 7) is 0. The summed E-state index contributed by atoms with van der Waals surface area (Å²) in [4.78, 5) is 7.53. The van der Waals surface area contributed by atoms with E-state index in [1.165, 1.54) is 22.4 Å². The van der Waals surface area contributed by atoms with Crippen LogP contribution in [0, 0.1) is 0 Å². The smallest absolute Gasteiger partial charge is 0.137 e. The lowest BCUT2D eigenvalue weighted by Gasteiger charge is -2.29. The minimum Gasteiger partial charge on any atom is -0.456 e. The van der Waals surface area contributed by atoms with Gasteiger partial charge in [-0.3, -0.25) is 0 Å². The Morgan fingerprint density at radius 1 is 0.583 bits per heavy atom. The Kier molecular flexibility index (Phi) is 6.00. The second-order valence-corrected chi connectivity index (χ2v) is 12.7. The van der Waals surface area contributed by atoms with E-state index in [0.29, 0.717) is 0 Å². The molecule has 1 aliphatic carbocycles. The first kappa shape index (κ1) is 27.0. The molecule has 48 heavy (non-hydrogen) atoms. The van der Waals surface area contributed by atoms with Gasteiger partial charge in [0.2, 0.25) is 0 Å². The van der Waals surface area contributed by atoms with Crippen LogP contribution in [0.1, 0.15) is 17.0 Å². The molecule has 0 saturated heterocycles. The third kappa shape index (κ3) is 4.18. The van der Waals surface area contributed by atoms with Crippen molar-refractivity contribution in [2.24, 2.45) is 0 Å². The lowest BCUT2D eigenvalue weighted by Crippen LogP contribution is -2.28. The molecule has 6 aromatic carbocycles. The first-order chi connectivity index (χ1) is 23.8. The maximum atomic E-state index is 6.67. The highest BCUT2D eigenvalue weighted by Crippen LogP contribution is 2.50. The summed E-state index contributed by atoms with van der Waals surface area (Å²) >= 11 is 0. The lowest BCUT2D eigenvalue weighted by atomic mass is 9.86. The summed E-state index contributed by atoms with van der Waals surface area (Å²) < 4.78 is 6.67. The van der Waals surface area contributed by atoms with E-state index < -0.39 is 0 Å². The van der Waals surface area contributed by atoms with Crippen molar-refractivity contribution < 1.29 is 4.42 Å². The van der Waals surface area contributed by atoms with E-state index in [1.807, 2.05) is 6.07 Å². The molecule has 0 spiro atoms. The Labute approximate surface area is 278 Å². The number of anilines is 2. The largest absolute Gasteiger partial charge is 0.456 e. The maximum Gasteiger partial charge on any atom is 0.137 e. The zero-order valence-electron chi connectivity index (χ0n) is 26.1. The fraction of sp³-hybridized carbons (Fsp3) is 0.0444. The molecule has 0 radical (unpaired) electrons. The van der Waals surface area contributed by atoms with Crippen LogP contribution in [-0.2, 0) is 0 Å². The first-order valence-electron chi connectivity index (χ1n) is 16.5. The van der Waals surface area contributed by atoms with Gasteiger partial charge in [0.25, 0.3) is 0 Å². The Hall–Kier alpha value is -6.19. The second kappa shape index (κ2) is 10.7. The number of aromatic nitrogens is 1. The van der Waals surface area contributed by atoms with Crippen LogP contribution in [0.4, 0.5) is 11.4 Å². The average molecular weight is 615 g/mol. The number of benzene rings is 6. The number of pyridine rings is 1. The molecule has 10 rings (SSSR count). The lowest BCUT2D eigenvalue weighted by molar-refractivity contribution is 0.668. The molecule has 0 amide bonds. The van der Waals surface area contributed by atoms with Gasteiger partial charge in [-0.2, -0.15) is 0 Å². The number of furan rings is 1. The van der Waals surface area contributed by atoms with Gasteiger partial charge in [0.1, 0.15) is 11.2 Å². The fourth-order valence-corrected chi connectivity index (χ4v) is 7.82. The first-order valence-corrected chi connectivity index (χ1v) is 16.5. The van der Waals surface area contributed by atoms with Crippen LogP contribution < -0.4 is 4.90 Å². The normalized spacial score (nSPS) is 16.8. The molecule has 2 aromatic heterocycles. The highest BCUT2D eigenvalue weighted by atomic mass is 16.3. The van der Waals surface area contributed by atoms with E-state index in [-0.39, 0.29) is 12.0 Å². The molecule has 0 saturated carbocycles. The molecule has 8 aromatic rings. The van der Waals surface area contributed by atoms with Crippen molar-refractivity contribution >= 4 is 49.8 Å². The molecule has 2 unspecified atom stereocenters. The molecular formula is C45H30N2O. The minimum atomic E-state index is 0.187. The van der Waals surface area contributed by atoms with Gasteiger partial charge in [-0.05, 0) is 64.2 Å². The van der Waals surface area contributed by atoms with Crippen LogP contribution in [0.2, 0.25) is 0 Å². The Morgan fingerprint density at radius 2 is 1.35 bits per heavy atom. The number of rotatable bonds is 4. The van der Waals surface area contributed by atoms with Gasteiger partial charge in [-0.1, -0.05) is 127 Å². The summed E-state index contributed by atoms with van der Waals surface area (Å²) in [6, 6.07) is 53.9. The number of hydrogen-bond donors (Lipinski definition) is 0. The van der Waals surface area contributed by atoms with Crippen molar-refractivity contribution in [3.8, 4) is 22.4 Å². The molecule has 0 bridgehead atoms. The molecule has 226 valence electrons. The molecule has 2 aliphatic rings. The molecule has 3 heterocycles. The van der Waals surface area contributed by atoms with Crippen LogP contribution in [0.15, 0.2) is 174 Å². The van der Waals surface area contributed by atoms with Crippen molar-refractivity contribution in [1.29, 1.82) is 0 Å². The van der Waals surface area contributed by atoms with E-state index in [2.05, 4.69) is 169 Å². The number of para-hydroxylation sites is 2. The topological polar surface area (TPSA) is 29.3 Å². The maximum absolute atomic E-state index is 6.67. The number of allylic oxidation sites excluding steroid dienone is 2. The zero-order chi connectivity index (χ0) is 31.6. The highest BCUT2D eigenvalue weighted by molar-refractivity contribution is 6.15. The van der Waals surface area contributed by atoms with Crippen LogP contribution in [0.5, 0.6) is 0 Å². The van der Waals surface area contributed by atoms with Crippen molar-refractivity contribution in [1.82, 2.24) is 4.98 Å². The van der Waals surface area contributed by atoms with Crippen LogP contribution in [0.3, 0.4) is 0 Å². The predicted molar refractivity (Wildman–Crippen MR) is 199 cm³/mol. The number of fused-ring (bicyclic) bond motifs is 7. The van der Waals surface area contributed by atoms with Crippen molar-refractivity contribution in [3.63, 3.8) is 0 Å². The molecule has 0 N–H and O–H groups in total. The van der Waals surface area contributed by atoms with Gasteiger partial charge < -0.3 is 9.32 Å². The Balaban J connectivity index is 1.11. The highest BCUT2D eigenvalue weighted by Gasteiger charge is 2.38. The van der Waals surface area contributed by atoms with Crippen LogP contribution in [0.25, 0.3) is 60.8 Å². The van der Waals surface area contributed by atoms with Gasteiger partial charge in [-0.25, -0.2) is 4.98 Å². The molecule has 0 fully saturated rings. The molecule has 2 atom stereocenters. The minimum absolute atomic E-state index is 0.187. The van der Waals surface area contributed by atoms with Crippen molar-refractivity contribution in [3.05, 3.63) is 181 Å². The van der Waals surface area contributed by atoms with Gasteiger partial charge in [-0.15, -0.1) is 0 Å². The van der Waals surface area contributed by atoms with Gasteiger partial charge in [0, 0.05) is 45.1 Å². The summed E-state index contributed by atoms with van der Waals surface area (Å²) in [5, 5.41) is 3.37. The van der Waals surface area contributed by atoms with Gasteiger partial charge in [0.05, 0.1) is 17.3 Å². The predicted octanol–water partition coefficient (Wildman–Crippen LogP) is 11.7. The van der Waals surface area contributed by atoms with Crippen molar-refractivity contribution in [2.45, 2.75) is 12.0 Å². The van der Waals surface area contributed by atoms with Crippen LogP contribution >= 0.6 is 0 Å². The van der Waals surface area contributed by atoms with E-state index >= 15 is 0 Å². The average Bonchev–Trinajstić information content (AvgIpc) is 3.70. The third-order valence-corrected chi connectivity index (χ3v) is 10.00. The second-order valence-electron chi connectivity index (χ2n) is 12.7. The molecular weight excluding hydrogens is 585 g/mol. The summed E-state index contributed by atoms with van der Waals surface area (Å²) in [7, 11) is 0. The standard InChI is InChI=1S/C45H30N2O/c1-3-12-29(13-4-1)31-22-25-42-38(26-31)34-17-8-10-20-41(34)47(42)32-23-24-36-44(27-32)48-43-21-11-18-35(45(36)43)37-28-40(30-14-5-2-6-15-30)46-39-19-9-7-16-33(37)39/h1-28,38,42H. The van der Waals surface area contributed by atoms with E-state index in [4.69, 9.17) is 9.40 Å². The molecule has 3 nitrogen and oxygen atoms in total. The Morgan fingerprint density at radius 3 is 2.23 bits per heavy atom. The third-order valence-electron chi connectivity index (χ3n) is 10.00. The summed E-state index contributed by atoms with van der Waals surface area (Å²) in [5.74, 6) is 0.262. The van der Waals surface area contributed by atoms with E-state index in [9.17, 15) is 0 Å².